The SMILES string of the molecule is COC(=O)CSc1cc(N=c2sc(=O)n3n2CCCC3)c(F)cc1Cl.C[C@@H](Oc1ccc(Oc2ncc(Cl)cc2F)cc1)C(=O)O.O=C(O)COc1ccc(Cl)c2cccnc12. The summed E-state index contributed by atoms with van der Waals surface area (Å²) in [6, 6.07) is 16.6. The molecule has 0 unspecified atom stereocenters. The normalized spacial score (nSPS) is 12.5. The number of thioether (sulfide) groups is 1. The second-order valence-electron chi connectivity index (χ2n) is 12.6. The molecule has 1 aliphatic heterocycles. The molecule has 22 heteroatoms. The highest BCUT2D eigenvalue weighted by Crippen LogP contribution is 2.34. The molecular weight excluding hydrogens is 919 g/mol. The quantitative estimate of drug-likeness (QED) is 0.0875. The fourth-order valence-corrected chi connectivity index (χ4v) is 7.58. The first kappa shape index (κ1) is 47.3. The molecule has 0 saturated heterocycles. The van der Waals surface area contributed by atoms with Gasteiger partial charge in [0.25, 0.3) is 5.88 Å². The minimum atomic E-state index is -1.07. The van der Waals surface area contributed by atoms with Crippen molar-refractivity contribution in [3.8, 4) is 23.1 Å². The number of carbonyl (C=O) groups is 3. The maximum Gasteiger partial charge on any atom is 0.344 e. The van der Waals surface area contributed by atoms with Gasteiger partial charge in [0, 0.05) is 35.8 Å². The molecule has 0 fully saturated rings. The van der Waals surface area contributed by atoms with Crippen molar-refractivity contribution in [2.24, 2.45) is 4.99 Å². The van der Waals surface area contributed by atoms with Crippen molar-refractivity contribution < 1.29 is 52.3 Å². The van der Waals surface area contributed by atoms with Gasteiger partial charge < -0.3 is 29.2 Å². The summed E-state index contributed by atoms with van der Waals surface area (Å²) in [7, 11) is 1.30. The molecule has 326 valence electrons. The number of benzene rings is 3. The van der Waals surface area contributed by atoms with E-state index in [1.807, 2.05) is 0 Å². The smallest absolute Gasteiger partial charge is 0.344 e. The topological polar surface area (TPSA) is 194 Å². The Morgan fingerprint density at radius 3 is 2.32 bits per heavy atom. The van der Waals surface area contributed by atoms with Gasteiger partial charge >= 0.3 is 22.8 Å². The summed E-state index contributed by atoms with van der Waals surface area (Å²) in [6.07, 6.45) is 3.80. The molecule has 0 spiro atoms. The van der Waals surface area contributed by atoms with Crippen LogP contribution in [0, 0.1) is 11.6 Å². The van der Waals surface area contributed by atoms with Crippen LogP contribution in [-0.4, -0.2) is 73.0 Å². The van der Waals surface area contributed by atoms with Crippen LogP contribution in [0.5, 0.6) is 23.1 Å². The average Bonchev–Trinajstić information content (AvgIpc) is 3.57. The highest BCUT2D eigenvalue weighted by atomic mass is 35.5. The number of halogens is 5. The Morgan fingerprint density at radius 1 is 0.935 bits per heavy atom. The number of carboxylic acid groups (broad SMARTS) is 2. The van der Waals surface area contributed by atoms with Crippen molar-refractivity contribution in [2.45, 2.75) is 43.9 Å². The lowest BCUT2D eigenvalue weighted by molar-refractivity contribution is -0.144. The number of rotatable bonds is 12. The van der Waals surface area contributed by atoms with E-state index in [2.05, 4.69) is 19.7 Å². The van der Waals surface area contributed by atoms with Crippen molar-refractivity contribution >= 4 is 92.4 Å². The summed E-state index contributed by atoms with van der Waals surface area (Å²) in [5.74, 6) is -2.78. The van der Waals surface area contributed by atoms with Crippen molar-refractivity contribution in [1.82, 2.24) is 19.3 Å². The van der Waals surface area contributed by atoms with Crippen molar-refractivity contribution in [1.29, 1.82) is 0 Å². The van der Waals surface area contributed by atoms with Gasteiger partial charge in [-0.15, -0.1) is 11.8 Å². The Bertz CT molecular complexity index is 2700. The number of esters is 1. The predicted octanol–water partition coefficient (Wildman–Crippen LogP) is 8.67. The second-order valence-corrected chi connectivity index (χ2v) is 15.7. The summed E-state index contributed by atoms with van der Waals surface area (Å²) in [4.78, 5) is 57.4. The summed E-state index contributed by atoms with van der Waals surface area (Å²) in [5.41, 5.74) is 0.649. The highest BCUT2D eigenvalue weighted by molar-refractivity contribution is 8.00. The van der Waals surface area contributed by atoms with Crippen LogP contribution >= 0.6 is 57.9 Å². The Balaban J connectivity index is 0.000000180. The van der Waals surface area contributed by atoms with Crippen LogP contribution in [0.2, 0.25) is 15.1 Å². The number of aromatic nitrogens is 4. The van der Waals surface area contributed by atoms with Gasteiger partial charge in [0.05, 0.1) is 27.9 Å². The number of carbonyl (C=O) groups excluding carboxylic acids is 1. The van der Waals surface area contributed by atoms with Gasteiger partial charge in [0.15, 0.2) is 18.5 Å². The molecule has 4 heterocycles. The van der Waals surface area contributed by atoms with Gasteiger partial charge in [-0.2, -0.15) is 0 Å². The van der Waals surface area contributed by atoms with Crippen molar-refractivity contribution in [3.05, 3.63) is 120 Å². The molecule has 0 amide bonds. The van der Waals surface area contributed by atoms with E-state index < -0.39 is 42.3 Å². The summed E-state index contributed by atoms with van der Waals surface area (Å²) in [5, 5.41) is 18.9. The van der Waals surface area contributed by atoms with Gasteiger partial charge in [-0.1, -0.05) is 34.8 Å². The fourth-order valence-electron chi connectivity index (χ4n) is 5.23. The average molecular weight is 953 g/mol. The first-order valence-electron chi connectivity index (χ1n) is 18.0. The molecule has 1 aliphatic rings. The number of hydrogen-bond acceptors (Lipinski definition) is 13. The lowest BCUT2D eigenvalue weighted by atomic mass is 10.2. The summed E-state index contributed by atoms with van der Waals surface area (Å²) < 4.78 is 51.3. The number of ether oxygens (including phenoxy) is 4. The third-order valence-electron chi connectivity index (χ3n) is 8.19. The molecule has 3 aromatic heterocycles. The lowest BCUT2D eigenvalue weighted by Crippen LogP contribution is -2.31. The van der Waals surface area contributed by atoms with Crippen LogP contribution in [-0.2, 0) is 32.2 Å². The van der Waals surface area contributed by atoms with Gasteiger partial charge in [0.1, 0.15) is 34.3 Å². The molecule has 0 radical (unpaired) electrons. The number of fused-ring (bicyclic) bond motifs is 2. The zero-order chi connectivity index (χ0) is 44.9. The third-order valence-corrected chi connectivity index (χ3v) is 11.0. The Hall–Kier alpha value is -5.73. The minimum Gasteiger partial charge on any atom is -0.480 e. The molecule has 2 N–H and O–H groups in total. The molecule has 62 heavy (non-hydrogen) atoms. The fraction of sp³-hybridized carbons (Fsp3) is 0.225. The molecule has 0 saturated carbocycles. The van der Waals surface area contributed by atoms with Crippen LogP contribution in [0.4, 0.5) is 14.5 Å². The molecule has 15 nitrogen and oxygen atoms in total. The zero-order valence-corrected chi connectivity index (χ0v) is 36.3. The van der Waals surface area contributed by atoms with E-state index in [0.29, 0.717) is 50.6 Å². The molecule has 7 rings (SSSR count). The van der Waals surface area contributed by atoms with E-state index in [4.69, 9.17) is 59.2 Å². The summed E-state index contributed by atoms with van der Waals surface area (Å²) >= 11 is 19.7. The number of carboxylic acids is 2. The standard InChI is InChI=1S/C15H15ClFN3O3S2.C14H11ClFNO4.C11H8ClNO3/c1-23-13(21)8-24-12-7-11(10(17)6-9(12)16)18-14-19-4-2-3-5-20(19)15(22)25-14;1-8(14(18)19)20-10-2-4-11(5-3-10)21-13-12(16)6-9(15)7-17-13;12-8-3-4-9(16-6-10(14)15)11-7(8)2-1-5-13-11/h6-7H,2-5,8H2,1H3;2-8H,1H3,(H,18,19);1-5H,6H2,(H,14,15)/t;8-;/m.1./s1. The Morgan fingerprint density at radius 2 is 1.65 bits per heavy atom. The van der Waals surface area contributed by atoms with E-state index in [1.165, 1.54) is 50.6 Å². The number of aliphatic carboxylic acids is 2. The van der Waals surface area contributed by atoms with E-state index in [0.717, 1.165) is 53.5 Å². The predicted molar refractivity (Wildman–Crippen MR) is 229 cm³/mol. The third kappa shape index (κ3) is 13.1. The molecular formula is C40H34Cl3F2N5O10S2. The number of pyridine rings is 2. The van der Waals surface area contributed by atoms with E-state index in [-0.39, 0.29) is 32.2 Å². The summed E-state index contributed by atoms with van der Waals surface area (Å²) in [6.45, 7) is 2.35. The van der Waals surface area contributed by atoms with Crippen LogP contribution in [0.25, 0.3) is 10.9 Å². The number of methoxy groups -OCH3 is 1. The first-order chi connectivity index (χ1) is 29.6. The minimum absolute atomic E-state index is 0.0605. The lowest BCUT2D eigenvalue weighted by Gasteiger charge is -2.15. The first-order valence-corrected chi connectivity index (χ1v) is 21.0. The largest absolute Gasteiger partial charge is 0.480 e. The zero-order valence-electron chi connectivity index (χ0n) is 32.4. The maximum atomic E-state index is 14.3. The van der Waals surface area contributed by atoms with Crippen molar-refractivity contribution in [2.75, 3.05) is 19.5 Å². The van der Waals surface area contributed by atoms with Crippen LogP contribution in [0.3, 0.4) is 0 Å². The van der Waals surface area contributed by atoms with Crippen LogP contribution in [0.15, 0.2) is 93.8 Å². The van der Waals surface area contributed by atoms with E-state index in [1.54, 1.807) is 39.8 Å². The van der Waals surface area contributed by atoms with Crippen molar-refractivity contribution in [3.63, 3.8) is 0 Å². The molecule has 1 atom stereocenters. The van der Waals surface area contributed by atoms with Crippen LogP contribution < -0.4 is 23.9 Å². The van der Waals surface area contributed by atoms with Crippen LogP contribution in [0.1, 0.15) is 19.8 Å². The van der Waals surface area contributed by atoms with E-state index in [9.17, 15) is 28.0 Å². The van der Waals surface area contributed by atoms with Gasteiger partial charge in [0.2, 0.25) is 4.80 Å². The van der Waals surface area contributed by atoms with Gasteiger partial charge in [-0.25, -0.2) is 33.0 Å². The number of hydrogen-bond donors (Lipinski definition) is 2. The highest BCUT2D eigenvalue weighted by Gasteiger charge is 2.16. The Kier molecular flexibility index (Phi) is 17.1. The molecule has 0 bridgehead atoms. The van der Waals surface area contributed by atoms with Gasteiger partial charge in [-0.3, -0.25) is 19.3 Å². The molecule has 0 aliphatic carbocycles. The molecule has 3 aromatic carbocycles. The molecule has 6 aromatic rings. The Labute approximate surface area is 374 Å². The van der Waals surface area contributed by atoms with Gasteiger partial charge in [-0.05, 0) is 97.8 Å². The second kappa shape index (κ2) is 22.4. The maximum absolute atomic E-state index is 14.3. The number of nitrogens with zero attached hydrogens (tertiary/aromatic N) is 5. The monoisotopic (exact) mass is 951 g/mol. The van der Waals surface area contributed by atoms with E-state index >= 15 is 0 Å².